The van der Waals surface area contributed by atoms with Gasteiger partial charge in [0.25, 0.3) is 0 Å². The highest BCUT2D eigenvalue weighted by Gasteiger charge is 2.17. The van der Waals surface area contributed by atoms with E-state index >= 15 is 0 Å². The van der Waals surface area contributed by atoms with E-state index in [0.29, 0.717) is 16.9 Å². The molecule has 24 heavy (non-hydrogen) atoms. The smallest absolute Gasteiger partial charge is 0.336 e. The molecule has 0 N–H and O–H groups in total. The average Bonchev–Trinajstić information content (AvgIpc) is 2.60. The van der Waals surface area contributed by atoms with Crippen LogP contribution < -0.4 is 10.4 Å². The standard InChI is InChI=1S/C20H18O4/c1-3-14-4-6-16(7-5-14)20(22)13(2)23-17-10-8-15-9-11-19(21)24-18(15)12-17/h4-13H,3H2,1-2H3/t13-/m1/s1. The van der Waals surface area contributed by atoms with Crippen molar-refractivity contribution in [2.24, 2.45) is 0 Å². The summed E-state index contributed by atoms with van der Waals surface area (Å²) in [5.41, 5.74) is 1.82. The van der Waals surface area contributed by atoms with Crippen molar-refractivity contribution >= 4 is 16.8 Å². The van der Waals surface area contributed by atoms with Crippen LogP contribution in [0.2, 0.25) is 0 Å². The molecule has 1 atom stereocenters. The zero-order valence-corrected chi connectivity index (χ0v) is 13.6. The monoisotopic (exact) mass is 322 g/mol. The van der Waals surface area contributed by atoms with Crippen LogP contribution in [-0.4, -0.2) is 11.9 Å². The molecular formula is C20H18O4. The van der Waals surface area contributed by atoms with Gasteiger partial charge in [-0.2, -0.15) is 0 Å². The summed E-state index contributed by atoms with van der Waals surface area (Å²) in [5, 5.41) is 0.802. The molecule has 3 aromatic rings. The molecule has 1 heterocycles. The first kappa shape index (κ1) is 16.0. The highest BCUT2D eigenvalue weighted by Crippen LogP contribution is 2.21. The van der Waals surface area contributed by atoms with Crippen molar-refractivity contribution in [1.29, 1.82) is 0 Å². The van der Waals surface area contributed by atoms with E-state index in [4.69, 9.17) is 9.15 Å². The largest absolute Gasteiger partial charge is 0.482 e. The van der Waals surface area contributed by atoms with Gasteiger partial charge >= 0.3 is 5.63 Å². The van der Waals surface area contributed by atoms with Gasteiger partial charge in [0.15, 0.2) is 6.10 Å². The molecule has 122 valence electrons. The third-order valence-electron chi connectivity index (χ3n) is 3.92. The van der Waals surface area contributed by atoms with Gasteiger partial charge in [-0.3, -0.25) is 4.79 Å². The predicted molar refractivity (Wildman–Crippen MR) is 92.7 cm³/mol. The van der Waals surface area contributed by atoms with E-state index in [1.165, 1.54) is 11.6 Å². The number of carbonyl (C=O) groups is 1. The highest BCUT2D eigenvalue weighted by atomic mass is 16.5. The molecule has 0 saturated carbocycles. The molecule has 0 aliphatic rings. The van der Waals surface area contributed by atoms with Crippen molar-refractivity contribution in [1.82, 2.24) is 0 Å². The first-order valence-corrected chi connectivity index (χ1v) is 7.90. The van der Waals surface area contributed by atoms with Gasteiger partial charge in [-0.05, 0) is 37.1 Å². The van der Waals surface area contributed by atoms with E-state index in [-0.39, 0.29) is 5.78 Å². The zero-order valence-electron chi connectivity index (χ0n) is 13.6. The second kappa shape index (κ2) is 6.71. The lowest BCUT2D eigenvalue weighted by molar-refractivity contribution is 0.0818. The Hall–Kier alpha value is -2.88. The molecule has 0 radical (unpaired) electrons. The van der Waals surface area contributed by atoms with Gasteiger partial charge < -0.3 is 9.15 Å². The summed E-state index contributed by atoms with van der Waals surface area (Å²) in [6.07, 6.45) is 0.299. The number of hydrogen-bond acceptors (Lipinski definition) is 4. The normalized spacial score (nSPS) is 12.1. The zero-order chi connectivity index (χ0) is 17.1. The maximum Gasteiger partial charge on any atom is 0.336 e. The predicted octanol–water partition coefficient (Wildman–Crippen LogP) is 4.01. The number of Topliss-reactive ketones (excluding diaryl/α,β-unsaturated/α-hetero) is 1. The van der Waals surface area contributed by atoms with E-state index in [9.17, 15) is 9.59 Å². The molecule has 3 rings (SSSR count). The van der Waals surface area contributed by atoms with Gasteiger partial charge in [0.05, 0.1) is 0 Å². The van der Waals surface area contributed by atoms with Gasteiger partial charge in [0.1, 0.15) is 11.3 Å². The number of aryl methyl sites for hydroxylation is 1. The minimum atomic E-state index is -0.634. The van der Waals surface area contributed by atoms with Crippen molar-refractivity contribution in [3.8, 4) is 5.75 Å². The lowest BCUT2D eigenvalue weighted by Gasteiger charge is -2.14. The molecule has 0 saturated heterocycles. The number of ketones is 1. The van der Waals surface area contributed by atoms with Crippen molar-refractivity contribution in [3.05, 3.63) is 76.1 Å². The summed E-state index contributed by atoms with van der Waals surface area (Å²) in [5.74, 6) is 0.398. The van der Waals surface area contributed by atoms with Crippen LogP contribution in [0.4, 0.5) is 0 Å². The Kier molecular flexibility index (Phi) is 4.47. The number of ether oxygens (including phenoxy) is 1. The second-order valence-electron chi connectivity index (χ2n) is 5.63. The Balaban J connectivity index is 1.79. The Morgan fingerprint density at radius 2 is 1.79 bits per heavy atom. The summed E-state index contributed by atoms with van der Waals surface area (Å²) in [7, 11) is 0. The minimum absolute atomic E-state index is 0.0905. The van der Waals surface area contributed by atoms with Gasteiger partial charge in [-0.25, -0.2) is 4.79 Å². The number of rotatable bonds is 5. The van der Waals surface area contributed by atoms with Gasteiger partial charge in [-0.15, -0.1) is 0 Å². The summed E-state index contributed by atoms with van der Waals surface area (Å²) in [4.78, 5) is 23.8. The van der Waals surface area contributed by atoms with Crippen LogP contribution in [0.25, 0.3) is 11.0 Å². The highest BCUT2D eigenvalue weighted by molar-refractivity contribution is 5.99. The van der Waals surface area contributed by atoms with Crippen molar-refractivity contribution < 1.29 is 13.9 Å². The van der Waals surface area contributed by atoms with Crippen molar-refractivity contribution in [2.75, 3.05) is 0 Å². The van der Waals surface area contributed by atoms with Crippen LogP contribution >= 0.6 is 0 Å². The molecule has 2 aromatic carbocycles. The molecular weight excluding hydrogens is 304 g/mol. The fraction of sp³-hybridized carbons (Fsp3) is 0.200. The molecule has 0 spiro atoms. The third kappa shape index (κ3) is 3.38. The van der Waals surface area contributed by atoms with Crippen LogP contribution in [0.3, 0.4) is 0 Å². The maximum atomic E-state index is 12.5. The second-order valence-corrected chi connectivity index (χ2v) is 5.63. The van der Waals surface area contributed by atoms with E-state index in [1.54, 1.807) is 31.2 Å². The lowest BCUT2D eigenvalue weighted by Crippen LogP contribution is -2.23. The molecule has 0 unspecified atom stereocenters. The van der Waals surface area contributed by atoms with Crippen LogP contribution in [0.15, 0.2) is 63.8 Å². The molecule has 0 fully saturated rings. The fourth-order valence-corrected chi connectivity index (χ4v) is 2.51. The van der Waals surface area contributed by atoms with Crippen LogP contribution in [0, 0.1) is 0 Å². The summed E-state index contributed by atoms with van der Waals surface area (Å²) in [6.45, 7) is 3.78. The molecule has 0 aliphatic heterocycles. The van der Waals surface area contributed by atoms with Crippen LogP contribution in [0.1, 0.15) is 29.8 Å². The summed E-state index contributed by atoms with van der Waals surface area (Å²) in [6, 6.07) is 15.8. The molecule has 0 amide bonds. The SMILES string of the molecule is CCc1ccc(C(=O)[C@@H](C)Oc2ccc3ccc(=O)oc3c2)cc1. The van der Waals surface area contributed by atoms with Gasteiger partial charge in [-0.1, -0.05) is 31.2 Å². The molecule has 0 bridgehead atoms. The topological polar surface area (TPSA) is 56.5 Å². The minimum Gasteiger partial charge on any atom is -0.482 e. The first-order chi connectivity index (χ1) is 11.6. The maximum absolute atomic E-state index is 12.5. The molecule has 4 nitrogen and oxygen atoms in total. The van der Waals surface area contributed by atoms with E-state index < -0.39 is 11.7 Å². The van der Waals surface area contributed by atoms with Crippen LogP contribution in [-0.2, 0) is 6.42 Å². The summed E-state index contributed by atoms with van der Waals surface area (Å²) < 4.78 is 10.9. The third-order valence-corrected chi connectivity index (χ3v) is 3.92. The first-order valence-electron chi connectivity index (χ1n) is 7.90. The number of carbonyl (C=O) groups excluding carboxylic acids is 1. The Morgan fingerprint density at radius 3 is 2.50 bits per heavy atom. The molecule has 0 aliphatic carbocycles. The van der Waals surface area contributed by atoms with Gasteiger partial charge in [0.2, 0.25) is 5.78 Å². The lowest BCUT2D eigenvalue weighted by atomic mass is 10.0. The quantitative estimate of drug-likeness (QED) is 0.526. The van der Waals surface area contributed by atoms with Gasteiger partial charge in [0, 0.05) is 23.1 Å². The molecule has 4 heteroatoms. The van der Waals surface area contributed by atoms with Crippen molar-refractivity contribution in [2.45, 2.75) is 26.4 Å². The Labute approximate surface area is 139 Å². The van der Waals surface area contributed by atoms with E-state index in [1.807, 2.05) is 24.3 Å². The number of benzene rings is 2. The Morgan fingerprint density at radius 1 is 1.08 bits per heavy atom. The average molecular weight is 322 g/mol. The summed E-state index contributed by atoms with van der Waals surface area (Å²) >= 11 is 0. The van der Waals surface area contributed by atoms with Crippen molar-refractivity contribution in [3.63, 3.8) is 0 Å². The number of fused-ring (bicyclic) bond motifs is 1. The number of hydrogen-bond donors (Lipinski definition) is 0. The Bertz CT molecular complexity index is 922. The molecule has 1 aromatic heterocycles. The van der Waals surface area contributed by atoms with Crippen LogP contribution in [0.5, 0.6) is 5.75 Å². The van der Waals surface area contributed by atoms with E-state index in [0.717, 1.165) is 11.8 Å². The fourth-order valence-electron chi connectivity index (χ4n) is 2.51. The van der Waals surface area contributed by atoms with E-state index in [2.05, 4.69) is 6.92 Å².